The monoisotopic (exact) mass is 431 g/mol. The van der Waals surface area contributed by atoms with Gasteiger partial charge in [0.15, 0.2) is 0 Å². The SMILES string of the molecule is CN(C)C(=O)c1c(F)cc(NC[C@H]2CC[C@H](NS(=O)(=O)C(C)(C)C)CC2)cc1F. The maximum absolute atomic E-state index is 14.2. The quantitative estimate of drug-likeness (QED) is 0.724. The summed E-state index contributed by atoms with van der Waals surface area (Å²) in [5.41, 5.74) is -0.280. The summed E-state index contributed by atoms with van der Waals surface area (Å²) in [7, 11) is -0.505. The Morgan fingerprint density at radius 2 is 1.62 bits per heavy atom. The predicted octanol–water partition coefficient (Wildman–Crippen LogP) is 3.36. The van der Waals surface area contributed by atoms with E-state index in [0.717, 1.165) is 42.7 Å². The van der Waals surface area contributed by atoms with Gasteiger partial charge in [-0.05, 0) is 64.5 Å². The van der Waals surface area contributed by atoms with E-state index < -0.39 is 37.9 Å². The molecule has 0 atom stereocenters. The molecule has 1 saturated carbocycles. The second kappa shape index (κ2) is 8.95. The number of amides is 1. The molecule has 164 valence electrons. The summed E-state index contributed by atoms with van der Waals surface area (Å²) >= 11 is 0. The molecule has 1 aromatic rings. The summed E-state index contributed by atoms with van der Waals surface area (Å²) in [4.78, 5) is 13.0. The Morgan fingerprint density at radius 3 is 2.07 bits per heavy atom. The summed E-state index contributed by atoms with van der Waals surface area (Å²) in [5, 5.41) is 3.04. The largest absolute Gasteiger partial charge is 0.385 e. The number of carbonyl (C=O) groups is 1. The minimum absolute atomic E-state index is 0.0818. The molecule has 6 nitrogen and oxygen atoms in total. The van der Waals surface area contributed by atoms with Crippen molar-refractivity contribution < 1.29 is 22.0 Å². The van der Waals surface area contributed by atoms with Crippen LogP contribution in [0.3, 0.4) is 0 Å². The molecule has 1 aliphatic carbocycles. The molecule has 9 heteroatoms. The zero-order valence-electron chi connectivity index (χ0n) is 17.7. The molecule has 0 saturated heterocycles. The number of sulfonamides is 1. The number of hydrogen-bond donors (Lipinski definition) is 2. The van der Waals surface area contributed by atoms with Crippen molar-refractivity contribution >= 4 is 21.6 Å². The van der Waals surface area contributed by atoms with Crippen LogP contribution in [0.5, 0.6) is 0 Å². The molecule has 0 aliphatic heterocycles. The van der Waals surface area contributed by atoms with Gasteiger partial charge in [0.2, 0.25) is 10.0 Å². The highest BCUT2D eigenvalue weighted by Gasteiger charge is 2.32. The van der Waals surface area contributed by atoms with Crippen LogP contribution in [0.1, 0.15) is 56.8 Å². The summed E-state index contributed by atoms with van der Waals surface area (Å²) in [6.07, 6.45) is 3.07. The minimum Gasteiger partial charge on any atom is -0.385 e. The third kappa shape index (κ3) is 5.88. The molecule has 0 bridgehead atoms. The van der Waals surface area contributed by atoms with Gasteiger partial charge in [0, 0.05) is 32.4 Å². The van der Waals surface area contributed by atoms with Gasteiger partial charge in [-0.15, -0.1) is 0 Å². The van der Waals surface area contributed by atoms with E-state index in [-0.39, 0.29) is 17.6 Å². The Bertz CT molecular complexity index is 820. The molecule has 1 aliphatic rings. The third-order valence-corrected chi connectivity index (χ3v) is 7.49. The molecule has 2 N–H and O–H groups in total. The van der Waals surface area contributed by atoms with Crippen molar-refractivity contribution in [3.05, 3.63) is 29.3 Å². The number of nitrogens with one attached hydrogen (secondary N) is 2. The molecule has 1 fully saturated rings. The van der Waals surface area contributed by atoms with Gasteiger partial charge in [-0.25, -0.2) is 21.9 Å². The van der Waals surface area contributed by atoms with Crippen LogP contribution < -0.4 is 10.0 Å². The van der Waals surface area contributed by atoms with E-state index in [9.17, 15) is 22.0 Å². The predicted molar refractivity (Wildman–Crippen MR) is 110 cm³/mol. The molecule has 1 aromatic carbocycles. The Kier molecular flexibility index (Phi) is 7.27. The average Bonchev–Trinajstić information content (AvgIpc) is 2.59. The highest BCUT2D eigenvalue weighted by molar-refractivity contribution is 7.90. The van der Waals surface area contributed by atoms with E-state index >= 15 is 0 Å². The molecule has 29 heavy (non-hydrogen) atoms. The average molecular weight is 432 g/mol. The molecule has 2 rings (SSSR count). The third-order valence-electron chi connectivity index (χ3n) is 5.23. The topological polar surface area (TPSA) is 78.5 Å². The van der Waals surface area contributed by atoms with E-state index in [0.29, 0.717) is 6.54 Å². The number of carbonyl (C=O) groups excluding carboxylic acids is 1. The number of halogens is 2. The zero-order chi connectivity index (χ0) is 22.0. The van der Waals surface area contributed by atoms with Gasteiger partial charge >= 0.3 is 0 Å². The van der Waals surface area contributed by atoms with E-state index in [1.165, 1.54) is 14.1 Å². The first kappa shape index (κ1) is 23.5. The minimum atomic E-state index is -3.38. The summed E-state index contributed by atoms with van der Waals surface area (Å²) in [6, 6.07) is 2.17. The van der Waals surface area contributed by atoms with Crippen LogP contribution in [0.2, 0.25) is 0 Å². The van der Waals surface area contributed by atoms with Crippen LogP contribution >= 0.6 is 0 Å². The Morgan fingerprint density at radius 1 is 1.10 bits per heavy atom. The van der Waals surface area contributed by atoms with Gasteiger partial charge in [-0.3, -0.25) is 4.79 Å². The van der Waals surface area contributed by atoms with Crippen molar-refractivity contribution in [2.24, 2.45) is 5.92 Å². The van der Waals surface area contributed by atoms with Crippen LogP contribution in [0, 0.1) is 17.6 Å². The highest BCUT2D eigenvalue weighted by Crippen LogP contribution is 2.27. The summed E-state index contributed by atoms with van der Waals surface area (Å²) < 4.78 is 54.9. The van der Waals surface area contributed by atoms with Gasteiger partial charge < -0.3 is 10.2 Å². The summed E-state index contributed by atoms with van der Waals surface area (Å²) in [5.74, 6) is -2.24. The van der Waals surface area contributed by atoms with E-state index in [4.69, 9.17) is 0 Å². The van der Waals surface area contributed by atoms with Gasteiger partial charge in [0.25, 0.3) is 5.91 Å². The van der Waals surface area contributed by atoms with E-state index in [1.807, 2.05) is 0 Å². The van der Waals surface area contributed by atoms with Crippen molar-refractivity contribution in [2.75, 3.05) is 26.0 Å². The molecule has 0 spiro atoms. The molecular formula is C20H31F2N3O3S. The van der Waals surface area contributed by atoms with Crippen LogP contribution in [-0.4, -0.2) is 50.7 Å². The molecular weight excluding hydrogens is 400 g/mol. The molecule has 1 amide bonds. The van der Waals surface area contributed by atoms with Gasteiger partial charge in [0.05, 0.1) is 4.75 Å². The molecule has 0 radical (unpaired) electrons. The summed E-state index contributed by atoms with van der Waals surface area (Å²) in [6.45, 7) is 5.53. The first-order valence-corrected chi connectivity index (χ1v) is 11.3. The number of rotatable bonds is 6. The molecule has 0 aromatic heterocycles. The zero-order valence-corrected chi connectivity index (χ0v) is 18.5. The maximum Gasteiger partial charge on any atom is 0.259 e. The first-order chi connectivity index (χ1) is 13.3. The fourth-order valence-electron chi connectivity index (χ4n) is 3.25. The fourth-order valence-corrected chi connectivity index (χ4v) is 4.27. The normalized spacial score (nSPS) is 20.4. The smallest absolute Gasteiger partial charge is 0.259 e. The van der Waals surface area contributed by atoms with Crippen molar-refractivity contribution in [2.45, 2.75) is 57.2 Å². The standard InChI is InChI=1S/C20H31F2N3O3S/c1-20(2,3)29(27,28)24-14-8-6-13(7-9-14)12-23-15-10-16(21)18(17(22)11-15)19(26)25(4)5/h10-11,13-14,23-24H,6-9,12H2,1-5H3/t13-,14-. The Labute approximate surface area is 172 Å². The van der Waals surface area contributed by atoms with Crippen LogP contribution in [-0.2, 0) is 10.0 Å². The van der Waals surface area contributed by atoms with Gasteiger partial charge in [0.1, 0.15) is 17.2 Å². The number of nitrogens with zero attached hydrogens (tertiary/aromatic N) is 1. The fraction of sp³-hybridized carbons (Fsp3) is 0.650. The first-order valence-electron chi connectivity index (χ1n) is 9.78. The van der Waals surface area contributed by atoms with Gasteiger partial charge in [-0.1, -0.05) is 0 Å². The van der Waals surface area contributed by atoms with E-state index in [1.54, 1.807) is 20.8 Å². The second-order valence-electron chi connectivity index (χ2n) is 8.85. The van der Waals surface area contributed by atoms with Crippen molar-refractivity contribution in [1.29, 1.82) is 0 Å². The van der Waals surface area contributed by atoms with E-state index in [2.05, 4.69) is 10.0 Å². The molecule has 0 heterocycles. The van der Waals surface area contributed by atoms with Crippen LogP contribution in [0.25, 0.3) is 0 Å². The Balaban J connectivity index is 1.90. The van der Waals surface area contributed by atoms with Gasteiger partial charge in [-0.2, -0.15) is 0 Å². The lowest BCUT2D eigenvalue weighted by molar-refractivity contribution is 0.0818. The lowest BCUT2D eigenvalue weighted by Gasteiger charge is -2.31. The lowest BCUT2D eigenvalue weighted by atomic mass is 9.86. The molecule has 0 unspecified atom stereocenters. The lowest BCUT2D eigenvalue weighted by Crippen LogP contribution is -2.46. The highest BCUT2D eigenvalue weighted by atomic mass is 32.2. The Hall–Kier alpha value is -1.74. The van der Waals surface area contributed by atoms with Crippen molar-refractivity contribution in [1.82, 2.24) is 9.62 Å². The van der Waals surface area contributed by atoms with Crippen LogP contribution in [0.4, 0.5) is 14.5 Å². The van der Waals surface area contributed by atoms with Crippen molar-refractivity contribution in [3.8, 4) is 0 Å². The van der Waals surface area contributed by atoms with Crippen molar-refractivity contribution in [3.63, 3.8) is 0 Å². The maximum atomic E-state index is 14.2. The number of hydrogen-bond acceptors (Lipinski definition) is 4. The second-order valence-corrected chi connectivity index (χ2v) is 11.3. The number of benzene rings is 1. The number of anilines is 1. The van der Waals surface area contributed by atoms with Crippen LogP contribution in [0.15, 0.2) is 12.1 Å².